The predicted molar refractivity (Wildman–Crippen MR) is 63.8 cm³/mol. The molecule has 0 saturated carbocycles. The summed E-state index contributed by atoms with van der Waals surface area (Å²) in [5.74, 6) is 0.115. The van der Waals surface area contributed by atoms with Crippen LogP contribution in [0.2, 0.25) is 0 Å². The van der Waals surface area contributed by atoms with Gasteiger partial charge in [0.2, 0.25) is 5.91 Å². The molecule has 5 nitrogen and oxygen atoms in total. The molecule has 2 heterocycles. The summed E-state index contributed by atoms with van der Waals surface area (Å²) in [5.41, 5.74) is -0.301. The normalized spacial score (nSPS) is 26.0. The maximum absolute atomic E-state index is 11.9. The zero-order valence-corrected chi connectivity index (χ0v) is 10.7. The van der Waals surface area contributed by atoms with Crippen molar-refractivity contribution < 1.29 is 14.3 Å². The number of nitrogens with zero attached hydrogens (tertiary/aromatic N) is 1. The molecule has 0 spiro atoms. The van der Waals surface area contributed by atoms with Crippen LogP contribution in [0.3, 0.4) is 0 Å². The van der Waals surface area contributed by atoms with Crippen molar-refractivity contribution >= 4 is 5.91 Å². The van der Waals surface area contributed by atoms with Crippen molar-refractivity contribution in [3.63, 3.8) is 0 Å². The Labute approximate surface area is 102 Å². The second-order valence-electron chi connectivity index (χ2n) is 5.26. The third-order valence-corrected chi connectivity index (χ3v) is 3.62. The van der Waals surface area contributed by atoms with Crippen LogP contribution >= 0.6 is 0 Å². The molecule has 98 valence electrons. The first-order valence-corrected chi connectivity index (χ1v) is 6.30. The Morgan fingerprint density at radius 1 is 1.35 bits per heavy atom. The highest BCUT2D eigenvalue weighted by Gasteiger charge is 2.41. The number of rotatable bonds is 4. The summed E-state index contributed by atoms with van der Waals surface area (Å²) >= 11 is 0. The highest BCUT2D eigenvalue weighted by molar-refractivity contribution is 5.83. The van der Waals surface area contributed by atoms with Gasteiger partial charge in [-0.2, -0.15) is 0 Å². The fourth-order valence-corrected chi connectivity index (χ4v) is 2.14. The van der Waals surface area contributed by atoms with Gasteiger partial charge in [-0.05, 0) is 13.8 Å². The lowest BCUT2D eigenvalue weighted by Crippen LogP contribution is -2.54. The third kappa shape index (κ3) is 2.97. The van der Waals surface area contributed by atoms with Gasteiger partial charge in [0.1, 0.15) is 0 Å². The zero-order valence-electron chi connectivity index (χ0n) is 10.7. The molecule has 1 atom stereocenters. The second kappa shape index (κ2) is 5.33. The molecule has 2 aliphatic rings. The molecule has 0 aromatic heterocycles. The molecule has 0 bridgehead atoms. The second-order valence-corrected chi connectivity index (χ2v) is 5.26. The number of hydrogen-bond acceptors (Lipinski definition) is 4. The summed E-state index contributed by atoms with van der Waals surface area (Å²) in [6.07, 6.45) is 0. The first kappa shape index (κ1) is 12.8. The fourth-order valence-electron chi connectivity index (χ4n) is 2.14. The molecular formula is C12H22N2O3. The zero-order chi connectivity index (χ0) is 12.3. The fraction of sp³-hybridized carbons (Fsp3) is 0.917. The van der Waals surface area contributed by atoms with E-state index in [1.54, 1.807) is 0 Å². The molecule has 2 saturated heterocycles. The molecule has 0 radical (unpaired) electrons. The van der Waals surface area contributed by atoms with Gasteiger partial charge in [0.05, 0.1) is 31.8 Å². The lowest BCUT2D eigenvalue weighted by atomic mass is 9.87. The molecule has 2 aliphatic heterocycles. The number of amides is 1. The van der Waals surface area contributed by atoms with Crippen LogP contribution in [-0.2, 0) is 14.3 Å². The molecule has 0 aliphatic carbocycles. The van der Waals surface area contributed by atoms with E-state index in [2.05, 4.69) is 17.1 Å². The number of carbonyl (C=O) groups excluding carboxylic acids is 1. The van der Waals surface area contributed by atoms with Gasteiger partial charge in [-0.1, -0.05) is 0 Å². The Morgan fingerprint density at radius 3 is 2.53 bits per heavy atom. The number of hydrogen-bond donors (Lipinski definition) is 1. The lowest BCUT2D eigenvalue weighted by molar-refractivity contribution is -0.157. The Balaban J connectivity index is 1.71. The average Bonchev–Trinajstić information content (AvgIpc) is 2.33. The lowest BCUT2D eigenvalue weighted by Gasteiger charge is -2.37. The maximum Gasteiger partial charge on any atom is 0.230 e. The quantitative estimate of drug-likeness (QED) is 0.745. The van der Waals surface area contributed by atoms with Gasteiger partial charge in [0, 0.05) is 25.7 Å². The average molecular weight is 242 g/mol. The highest BCUT2D eigenvalue weighted by Crippen LogP contribution is 2.26. The third-order valence-electron chi connectivity index (χ3n) is 3.62. The van der Waals surface area contributed by atoms with Crippen LogP contribution < -0.4 is 5.32 Å². The minimum absolute atomic E-state index is 0.115. The molecule has 0 aromatic rings. The minimum atomic E-state index is -0.301. The largest absolute Gasteiger partial charge is 0.379 e. The molecular weight excluding hydrogens is 220 g/mol. The minimum Gasteiger partial charge on any atom is -0.379 e. The number of nitrogens with one attached hydrogen (secondary N) is 1. The van der Waals surface area contributed by atoms with E-state index in [9.17, 15) is 4.79 Å². The molecule has 0 unspecified atom stereocenters. The Hall–Kier alpha value is -0.650. The van der Waals surface area contributed by atoms with Crippen molar-refractivity contribution in [2.24, 2.45) is 5.41 Å². The van der Waals surface area contributed by atoms with Crippen LogP contribution in [0, 0.1) is 5.41 Å². The molecule has 1 amide bonds. The van der Waals surface area contributed by atoms with Gasteiger partial charge in [-0.25, -0.2) is 0 Å². The highest BCUT2D eigenvalue weighted by atomic mass is 16.5. The van der Waals surface area contributed by atoms with E-state index >= 15 is 0 Å². The van der Waals surface area contributed by atoms with Crippen LogP contribution in [0.4, 0.5) is 0 Å². The van der Waals surface area contributed by atoms with Gasteiger partial charge >= 0.3 is 0 Å². The van der Waals surface area contributed by atoms with E-state index in [-0.39, 0.29) is 11.3 Å². The van der Waals surface area contributed by atoms with Gasteiger partial charge in [-0.3, -0.25) is 9.69 Å². The van der Waals surface area contributed by atoms with Crippen molar-refractivity contribution in [1.82, 2.24) is 10.2 Å². The van der Waals surface area contributed by atoms with Crippen molar-refractivity contribution in [3.05, 3.63) is 0 Å². The molecule has 17 heavy (non-hydrogen) atoms. The smallest absolute Gasteiger partial charge is 0.230 e. The van der Waals surface area contributed by atoms with Crippen LogP contribution in [0.5, 0.6) is 0 Å². The van der Waals surface area contributed by atoms with Crippen molar-refractivity contribution in [2.45, 2.75) is 19.9 Å². The van der Waals surface area contributed by atoms with Crippen LogP contribution in [-0.4, -0.2) is 62.9 Å². The molecule has 5 heteroatoms. The summed E-state index contributed by atoms with van der Waals surface area (Å²) in [7, 11) is 0. The Kier molecular flexibility index (Phi) is 4.01. The SMILES string of the molecule is C[C@@H](CNC(=O)C1(C)COC1)N1CCOCC1. The molecule has 2 fully saturated rings. The van der Waals surface area contributed by atoms with Gasteiger partial charge in [-0.15, -0.1) is 0 Å². The van der Waals surface area contributed by atoms with E-state index in [0.717, 1.165) is 26.3 Å². The number of ether oxygens (including phenoxy) is 2. The summed E-state index contributed by atoms with van der Waals surface area (Å²) in [4.78, 5) is 14.3. The summed E-state index contributed by atoms with van der Waals surface area (Å²) < 4.78 is 10.4. The number of morpholine rings is 1. The van der Waals surface area contributed by atoms with Gasteiger partial charge in [0.25, 0.3) is 0 Å². The van der Waals surface area contributed by atoms with Crippen LogP contribution in [0.25, 0.3) is 0 Å². The van der Waals surface area contributed by atoms with E-state index in [1.165, 1.54) is 0 Å². The summed E-state index contributed by atoms with van der Waals surface area (Å²) in [6.45, 7) is 9.39. The summed E-state index contributed by atoms with van der Waals surface area (Å²) in [6, 6.07) is 0.368. The standard InChI is InChI=1S/C12H22N2O3/c1-10(14-3-5-16-6-4-14)7-13-11(15)12(2)8-17-9-12/h10H,3-9H2,1-2H3,(H,13,15)/t10-/m0/s1. The van der Waals surface area contributed by atoms with Crippen LogP contribution in [0.1, 0.15) is 13.8 Å². The predicted octanol–water partition coefficient (Wildman–Crippen LogP) is -0.140. The first-order valence-electron chi connectivity index (χ1n) is 6.30. The maximum atomic E-state index is 11.9. The molecule has 0 aromatic carbocycles. The van der Waals surface area contributed by atoms with Crippen molar-refractivity contribution in [1.29, 1.82) is 0 Å². The first-order chi connectivity index (χ1) is 8.12. The van der Waals surface area contributed by atoms with Crippen molar-refractivity contribution in [2.75, 3.05) is 46.1 Å². The van der Waals surface area contributed by atoms with Crippen molar-refractivity contribution in [3.8, 4) is 0 Å². The van der Waals surface area contributed by atoms with E-state index < -0.39 is 0 Å². The summed E-state index contributed by atoms with van der Waals surface area (Å²) in [5, 5.41) is 3.02. The van der Waals surface area contributed by atoms with Gasteiger partial charge < -0.3 is 14.8 Å². The Morgan fingerprint density at radius 2 is 2.00 bits per heavy atom. The molecule has 2 rings (SSSR count). The van der Waals surface area contributed by atoms with Crippen LogP contribution in [0.15, 0.2) is 0 Å². The van der Waals surface area contributed by atoms with E-state index in [1.807, 2.05) is 6.92 Å². The topological polar surface area (TPSA) is 50.8 Å². The van der Waals surface area contributed by atoms with E-state index in [0.29, 0.717) is 25.8 Å². The Bertz CT molecular complexity index is 273. The number of carbonyl (C=O) groups is 1. The monoisotopic (exact) mass is 242 g/mol. The molecule has 1 N–H and O–H groups in total. The van der Waals surface area contributed by atoms with Gasteiger partial charge in [0.15, 0.2) is 0 Å². The van der Waals surface area contributed by atoms with E-state index in [4.69, 9.17) is 9.47 Å².